The number of alkyl halides is 2. The zero-order valence-electron chi connectivity index (χ0n) is 14.9. The first-order valence-corrected chi connectivity index (χ1v) is 9.31. The molecule has 26 heavy (non-hydrogen) atoms. The van der Waals surface area contributed by atoms with E-state index in [1.54, 1.807) is 4.90 Å². The molecule has 1 aliphatic carbocycles. The molecular weight excluding hydrogens is 338 g/mol. The number of likely N-dealkylation sites (tertiary alicyclic amines) is 1. The third kappa shape index (κ3) is 3.15. The zero-order chi connectivity index (χ0) is 18.3. The van der Waals surface area contributed by atoms with Crippen LogP contribution >= 0.6 is 0 Å². The molecule has 1 unspecified atom stereocenters. The lowest BCUT2D eigenvalue weighted by molar-refractivity contribution is -0.0160. The fourth-order valence-electron chi connectivity index (χ4n) is 4.12. The van der Waals surface area contributed by atoms with Crippen LogP contribution in [0.3, 0.4) is 0 Å². The number of fused-ring (bicyclic) bond motifs is 1. The van der Waals surface area contributed by atoms with Crippen molar-refractivity contribution in [3.05, 3.63) is 30.0 Å². The Bertz CT molecular complexity index is 811. The van der Waals surface area contributed by atoms with E-state index in [9.17, 15) is 13.6 Å². The molecule has 5 nitrogen and oxygen atoms in total. The second kappa shape index (κ2) is 6.52. The Hall–Kier alpha value is -2.18. The van der Waals surface area contributed by atoms with Crippen LogP contribution in [0.2, 0.25) is 0 Å². The van der Waals surface area contributed by atoms with Gasteiger partial charge in [-0.1, -0.05) is 11.6 Å². The number of piperidine rings is 1. The molecule has 0 radical (unpaired) electrons. The van der Waals surface area contributed by atoms with Gasteiger partial charge in [0.1, 0.15) is 0 Å². The Kier molecular flexibility index (Phi) is 4.32. The molecule has 2 aliphatic rings. The molecule has 2 amide bonds. The van der Waals surface area contributed by atoms with Crippen LogP contribution in [0, 0.1) is 6.92 Å². The highest BCUT2D eigenvalue weighted by Crippen LogP contribution is 2.35. The number of halogens is 2. The highest BCUT2D eigenvalue weighted by molar-refractivity contribution is 5.79. The van der Waals surface area contributed by atoms with Crippen molar-refractivity contribution in [2.75, 3.05) is 13.1 Å². The zero-order valence-corrected chi connectivity index (χ0v) is 14.9. The number of benzene rings is 1. The van der Waals surface area contributed by atoms with Crippen LogP contribution in [0.5, 0.6) is 0 Å². The molecule has 2 fully saturated rings. The number of urea groups is 1. The maximum atomic E-state index is 13.7. The normalized spacial score (nSPS) is 23.5. The van der Waals surface area contributed by atoms with E-state index < -0.39 is 12.0 Å². The molecule has 140 valence electrons. The van der Waals surface area contributed by atoms with Gasteiger partial charge in [-0.25, -0.2) is 13.6 Å². The Morgan fingerprint density at radius 1 is 1.27 bits per heavy atom. The van der Waals surface area contributed by atoms with Gasteiger partial charge in [0.05, 0.1) is 23.8 Å². The standard InChI is InChI=1S/C19H24F2N4O/c1-13-4-5-16-14(11-13)12-22-25(16)15-6-9-24(10-7-15)18(26)23-17-3-2-8-19(17,20)21/h4-5,11-12,15,17H,2-3,6-10H2,1H3,(H,23,26). The van der Waals surface area contributed by atoms with Gasteiger partial charge >= 0.3 is 6.03 Å². The van der Waals surface area contributed by atoms with Crippen LogP contribution in [-0.2, 0) is 0 Å². The molecule has 1 aromatic carbocycles. The number of carbonyl (C=O) groups is 1. The number of rotatable bonds is 2. The van der Waals surface area contributed by atoms with Gasteiger partial charge in [0.15, 0.2) is 0 Å². The van der Waals surface area contributed by atoms with Gasteiger partial charge in [-0.05, 0) is 44.7 Å². The summed E-state index contributed by atoms with van der Waals surface area (Å²) >= 11 is 0. The third-order valence-electron chi connectivity index (χ3n) is 5.66. The van der Waals surface area contributed by atoms with E-state index in [2.05, 4.69) is 35.5 Å². The van der Waals surface area contributed by atoms with E-state index in [0.717, 1.165) is 23.7 Å². The van der Waals surface area contributed by atoms with Crippen LogP contribution < -0.4 is 5.32 Å². The number of hydrogen-bond acceptors (Lipinski definition) is 2. The van der Waals surface area contributed by atoms with Gasteiger partial charge in [0.25, 0.3) is 5.92 Å². The Morgan fingerprint density at radius 3 is 2.73 bits per heavy atom. The number of nitrogens with zero attached hydrogens (tertiary/aromatic N) is 3. The number of amides is 2. The summed E-state index contributed by atoms with van der Waals surface area (Å²) in [6.45, 7) is 3.17. The average Bonchev–Trinajstić information content (AvgIpc) is 3.17. The number of aromatic nitrogens is 2. The molecule has 0 spiro atoms. The highest BCUT2D eigenvalue weighted by atomic mass is 19.3. The molecule has 1 N–H and O–H groups in total. The molecule has 1 aromatic heterocycles. The van der Waals surface area contributed by atoms with Crippen molar-refractivity contribution in [1.29, 1.82) is 0 Å². The van der Waals surface area contributed by atoms with Crippen molar-refractivity contribution in [2.24, 2.45) is 0 Å². The fraction of sp³-hybridized carbons (Fsp3) is 0.579. The summed E-state index contributed by atoms with van der Waals surface area (Å²) < 4.78 is 29.5. The highest BCUT2D eigenvalue weighted by Gasteiger charge is 2.45. The molecule has 2 heterocycles. The number of hydrogen-bond donors (Lipinski definition) is 1. The van der Waals surface area contributed by atoms with Crippen LogP contribution in [-0.4, -0.2) is 45.8 Å². The minimum absolute atomic E-state index is 0.133. The first kappa shape index (κ1) is 17.2. The molecule has 1 saturated carbocycles. The fourth-order valence-corrected chi connectivity index (χ4v) is 4.12. The number of carbonyl (C=O) groups excluding carboxylic acids is 1. The minimum atomic E-state index is -2.78. The van der Waals surface area contributed by atoms with Crippen molar-refractivity contribution >= 4 is 16.9 Å². The maximum absolute atomic E-state index is 13.7. The predicted molar refractivity (Wildman–Crippen MR) is 95.4 cm³/mol. The summed E-state index contributed by atoms with van der Waals surface area (Å²) in [6, 6.07) is 5.11. The lowest BCUT2D eigenvalue weighted by Crippen LogP contribution is -2.51. The van der Waals surface area contributed by atoms with Gasteiger partial charge in [0, 0.05) is 24.9 Å². The lowest BCUT2D eigenvalue weighted by Gasteiger charge is -2.33. The van der Waals surface area contributed by atoms with E-state index >= 15 is 0 Å². The maximum Gasteiger partial charge on any atom is 0.317 e. The third-order valence-corrected chi connectivity index (χ3v) is 5.66. The van der Waals surface area contributed by atoms with Crippen LogP contribution in [0.15, 0.2) is 24.4 Å². The van der Waals surface area contributed by atoms with E-state index in [0.29, 0.717) is 25.9 Å². The first-order chi connectivity index (χ1) is 12.4. The number of nitrogens with one attached hydrogen (secondary N) is 1. The largest absolute Gasteiger partial charge is 0.329 e. The second-order valence-electron chi connectivity index (χ2n) is 7.52. The lowest BCUT2D eigenvalue weighted by atomic mass is 10.0. The van der Waals surface area contributed by atoms with E-state index in [4.69, 9.17) is 0 Å². The van der Waals surface area contributed by atoms with Gasteiger partial charge in [-0.3, -0.25) is 4.68 Å². The smallest absolute Gasteiger partial charge is 0.317 e. The van der Waals surface area contributed by atoms with Gasteiger partial charge in [-0.15, -0.1) is 0 Å². The van der Waals surface area contributed by atoms with Crippen molar-refractivity contribution < 1.29 is 13.6 Å². The summed E-state index contributed by atoms with van der Waals surface area (Å²) in [7, 11) is 0. The summed E-state index contributed by atoms with van der Waals surface area (Å²) in [5, 5.41) is 8.19. The van der Waals surface area contributed by atoms with Crippen molar-refractivity contribution in [1.82, 2.24) is 20.0 Å². The summed E-state index contributed by atoms with van der Waals surface area (Å²) in [6.07, 6.45) is 4.12. The Balaban J connectivity index is 1.38. The quantitative estimate of drug-likeness (QED) is 0.881. The minimum Gasteiger partial charge on any atom is -0.329 e. The summed E-state index contributed by atoms with van der Waals surface area (Å²) in [5.41, 5.74) is 2.30. The van der Waals surface area contributed by atoms with E-state index in [1.807, 2.05) is 10.9 Å². The SMILES string of the molecule is Cc1ccc2c(cnn2C2CCN(C(=O)NC3CCCC3(F)F)CC2)c1. The summed E-state index contributed by atoms with van der Waals surface area (Å²) in [4.78, 5) is 14.0. The van der Waals surface area contributed by atoms with E-state index in [-0.39, 0.29) is 18.5 Å². The average molecular weight is 362 g/mol. The van der Waals surface area contributed by atoms with Crippen LogP contribution in [0.25, 0.3) is 10.9 Å². The van der Waals surface area contributed by atoms with Gasteiger partial charge in [0.2, 0.25) is 0 Å². The van der Waals surface area contributed by atoms with Crippen molar-refractivity contribution in [3.8, 4) is 0 Å². The van der Waals surface area contributed by atoms with Gasteiger partial charge < -0.3 is 10.2 Å². The monoisotopic (exact) mass is 362 g/mol. The Morgan fingerprint density at radius 2 is 2.04 bits per heavy atom. The predicted octanol–water partition coefficient (Wildman–Crippen LogP) is 3.88. The van der Waals surface area contributed by atoms with Crippen molar-refractivity contribution in [3.63, 3.8) is 0 Å². The van der Waals surface area contributed by atoms with Gasteiger partial charge in [-0.2, -0.15) is 5.10 Å². The first-order valence-electron chi connectivity index (χ1n) is 9.31. The molecule has 1 atom stereocenters. The number of aryl methyl sites for hydroxylation is 1. The molecular formula is C19H24F2N4O. The van der Waals surface area contributed by atoms with E-state index in [1.165, 1.54) is 5.56 Å². The van der Waals surface area contributed by atoms with Crippen molar-refractivity contribution in [2.45, 2.75) is 57.0 Å². The van der Waals surface area contributed by atoms with Crippen LogP contribution in [0.1, 0.15) is 43.7 Å². The molecule has 2 aromatic rings. The van der Waals surface area contributed by atoms with Crippen LogP contribution in [0.4, 0.5) is 13.6 Å². The second-order valence-corrected chi connectivity index (χ2v) is 7.52. The molecule has 1 saturated heterocycles. The molecule has 1 aliphatic heterocycles. The topological polar surface area (TPSA) is 50.2 Å². The Labute approximate surface area is 151 Å². The molecule has 0 bridgehead atoms. The molecule has 4 rings (SSSR count). The summed E-state index contributed by atoms with van der Waals surface area (Å²) in [5.74, 6) is -2.78. The molecule has 7 heteroatoms.